The minimum Gasteiger partial charge on any atom is -0.480 e. The van der Waals surface area contributed by atoms with Crippen LogP contribution < -0.4 is 27.4 Å². The molecule has 4 atom stereocenters. The zero-order valence-corrected chi connectivity index (χ0v) is 15.1. The average molecular weight is 383 g/mol. The lowest BCUT2D eigenvalue weighted by Crippen LogP contribution is -2.56. The van der Waals surface area contributed by atoms with Crippen molar-refractivity contribution < 1.29 is 24.3 Å². The molecule has 3 amide bonds. The SMILES string of the molecule is C[C@H](NC(=O)[C@H](C)NC(=O)[C@@H](N)CN)C(=O)N[C@@H](Cc1cnc[nH]1)C(=O)O. The Balaban J connectivity index is 2.57. The van der Waals surface area contributed by atoms with Crippen molar-refractivity contribution in [3.05, 3.63) is 18.2 Å². The number of carbonyl (C=O) groups excluding carboxylic acids is 3. The number of amides is 3. The summed E-state index contributed by atoms with van der Waals surface area (Å²) in [7, 11) is 0. The largest absolute Gasteiger partial charge is 0.480 e. The first-order chi connectivity index (χ1) is 12.6. The maximum atomic E-state index is 12.2. The van der Waals surface area contributed by atoms with E-state index in [-0.39, 0.29) is 13.0 Å². The number of rotatable bonds is 10. The molecule has 0 aliphatic rings. The standard InChI is InChI=1S/C15H25N7O5/c1-7(21-14(25)10(17)4-16)12(23)20-8(2)13(24)22-11(15(26)27)3-9-5-18-6-19-9/h5-8,10-11H,3-4,16-17H2,1-2H3,(H,18,19)(H,20,23)(H,21,25)(H,22,24)(H,26,27)/t7-,8-,10-,11-/m0/s1. The predicted molar refractivity (Wildman–Crippen MR) is 94.1 cm³/mol. The van der Waals surface area contributed by atoms with Gasteiger partial charge in [-0.15, -0.1) is 0 Å². The highest BCUT2D eigenvalue weighted by Crippen LogP contribution is 2.00. The Labute approximate surface area is 155 Å². The summed E-state index contributed by atoms with van der Waals surface area (Å²) >= 11 is 0. The van der Waals surface area contributed by atoms with Gasteiger partial charge in [-0.25, -0.2) is 9.78 Å². The van der Waals surface area contributed by atoms with Gasteiger partial charge in [0, 0.05) is 24.9 Å². The van der Waals surface area contributed by atoms with Gasteiger partial charge in [0.15, 0.2) is 0 Å². The Morgan fingerprint density at radius 2 is 1.67 bits per heavy atom. The smallest absolute Gasteiger partial charge is 0.326 e. The summed E-state index contributed by atoms with van der Waals surface area (Å²) in [6, 6.07) is -4.12. The summed E-state index contributed by atoms with van der Waals surface area (Å²) in [6.45, 7) is 2.73. The van der Waals surface area contributed by atoms with E-state index in [1.165, 1.54) is 26.4 Å². The molecule has 1 rings (SSSR count). The molecule has 1 heterocycles. The van der Waals surface area contributed by atoms with Crippen molar-refractivity contribution in [3.8, 4) is 0 Å². The molecule has 0 bridgehead atoms. The van der Waals surface area contributed by atoms with E-state index < -0.39 is 47.9 Å². The number of aromatic amines is 1. The van der Waals surface area contributed by atoms with Crippen LogP contribution in [0.1, 0.15) is 19.5 Å². The fourth-order valence-electron chi connectivity index (χ4n) is 2.01. The van der Waals surface area contributed by atoms with E-state index in [0.29, 0.717) is 5.69 Å². The Hall–Kier alpha value is -2.99. The maximum Gasteiger partial charge on any atom is 0.326 e. The first-order valence-corrected chi connectivity index (χ1v) is 8.22. The van der Waals surface area contributed by atoms with Crippen LogP contribution in [0.4, 0.5) is 0 Å². The molecule has 150 valence electrons. The average Bonchev–Trinajstić information content (AvgIpc) is 3.12. The van der Waals surface area contributed by atoms with Gasteiger partial charge < -0.3 is 37.5 Å². The molecule has 1 aromatic heterocycles. The second-order valence-electron chi connectivity index (χ2n) is 5.98. The van der Waals surface area contributed by atoms with Crippen LogP contribution in [0.5, 0.6) is 0 Å². The van der Waals surface area contributed by atoms with Crippen molar-refractivity contribution in [1.29, 1.82) is 0 Å². The van der Waals surface area contributed by atoms with Crippen LogP contribution >= 0.6 is 0 Å². The summed E-state index contributed by atoms with van der Waals surface area (Å²) in [4.78, 5) is 53.7. The number of aromatic nitrogens is 2. The number of nitrogens with zero attached hydrogens (tertiary/aromatic N) is 1. The minimum absolute atomic E-state index is 0.00514. The summed E-state index contributed by atoms with van der Waals surface area (Å²) in [5, 5.41) is 16.3. The van der Waals surface area contributed by atoms with Gasteiger partial charge in [0.05, 0.1) is 12.4 Å². The number of nitrogens with two attached hydrogens (primary N) is 2. The second kappa shape index (κ2) is 10.2. The van der Waals surface area contributed by atoms with Gasteiger partial charge in [-0.3, -0.25) is 14.4 Å². The molecule has 0 radical (unpaired) electrons. The van der Waals surface area contributed by atoms with Crippen molar-refractivity contribution in [3.63, 3.8) is 0 Å². The summed E-state index contributed by atoms with van der Waals surface area (Å²) in [5.41, 5.74) is 11.3. The Morgan fingerprint density at radius 3 is 2.15 bits per heavy atom. The number of nitrogens with one attached hydrogen (secondary N) is 4. The van der Waals surface area contributed by atoms with E-state index in [4.69, 9.17) is 11.5 Å². The van der Waals surface area contributed by atoms with Crippen molar-refractivity contribution in [2.45, 2.75) is 44.4 Å². The number of carbonyl (C=O) groups is 4. The van der Waals surface area contributed by atoms with E-state index in [2.05, 4.69) is 25.9 Å². The van der Waals surface area contributed by atoms with Crippen LogP contribution in [-0.2, 0) is 25.6 Å². The maximum absolute atomic E-state index is 12.2. The van der Waals surface area contributed by atoms with Crippen LogP contribution in [0, 0.1) is 0 Å². The van der Waals surface area contributed by atoms with Crippen LogP contribution in [-0.4, -0.2) is 69.5 Å². The lowest BCUT2D eigenvalue weighted by molar-refractivity contribution is -0.142. The van der Waals surface area contributed by atoms with Crippen molar-refractivity contribution in [1.82, 2.24) is 25.9 Å². The number of hydrogen-bond donors (Lipinski definition) is 7. The van der Waals surface area contributed by atoms with Gasteiger partial charge in [-0.2, -0.15) is 0 Å². The zero-order valence-electron chi connectivity index (χ0n) is 15.1. The molecule has 0 saturated carbocycles. The van der Waals surface area contributed by atoms with E-state index >= 15 is 0 Å². The third-order valence-electron chi connectivity index (χ3n) is 3.69. The predicted octanol–water partition coefficient (Wildman–Crippen LogP) is -3.18. The fourth-order valence-corrected chi connectivity index (χ4v) is 2.01. The summed E-state index contributed by atoms with van der Waals surface area (Å²) < 4.78 is 0. The molecule has 12 heteroatoms. The molecular formula is C15H25N7O5. The molecule has 0 aromatic carbocycles. The highest BCUT2D eigenvalue weighted by molar-refractivity contribution is 5.93. The molecule has 0 aliphatic heterocycles. The van der Waals surface area contributed by atoms with Crippen LogP contribution in [0.3, 0.4) is 0 Å². The first-order valence-electron chi connectivity index (χ1n) is 8.22. The second-order valence-corrected chi connectivity index (χ2v) is 5.98. The van der Waals surface area contributed by atoms with Gasteiger partial charge in [0.2, 0.25) is 17.7 Å². The Morgan fingerprint density at radius 1 is 1.11 bits per heavy atom. The van der Waals surface area contributed by atoms with Crippen molar-refractivity contribution >= 4 is 23.7 Å². The van der Waals surface area contributed by atoms with Gasteiger partial charge in [0.25, 0.3) is 0 Å². The molecule has 27 heavy (non-hydrogen) atoms. The van der Waals surface area contributed by atoms with Crippen LogP contribution in [0.2, 0.25) is 0 Å². The lowest BCUT2D eigenvalue weighted by atomic mass is 10.1. The van der Waals surface area contributed by atoms with E-state index in [9.17, 15) is 24.3 Å². The van der Waals surface area contributed by atoms with Crippen molar-refractivity contribution in [2.75, 3.05) is 6.54 Å². The molecule has 0 saturated heterocycles. The van der Waals surface area contributed by atoms with Crippen LogP contribution in [0.15, 0.2) is 12.5 Å². The molecule has 0 spiro atoms. The number of imidazole rings is 1. The number of carboxylic acid groups (broad SMARTS) is 1. The van der Waals surface area contributed by atoms with E-state index in [1.54, 1.807) is 0 Å². The van der Waals surface area contributed by atoms with E-state index in [1.807, 2.05) is 0 Å². The minimum atomic E-state index is -1.23. The molecule has 1 aromatic rings. The normalized spacial score (nSPS) is 15.1. The third kappa shape index (κ3) is 7.03. The number of H-pyrrole nitrogens is 1. The summed E-state index contributed by atoms with van der Waals surface area (Å²) in [6.07, 6.45) is 2.85. The molecule has 12 nitrogen and oxygen atoms in total. The van der Waals surface area contributed by atoms with Gasteiger partial charge in [0.1, 0.15) is 18.1 Å². The number of aliphatic carboxylic acids is 1. The third-order valence-corrected chi connectivity index (χ3v) is 3.69. The van der Waals surface area contributed by atoms with Gasteiger partial charge >= 0.3 is 5.97 Å². The number of carboxylic acids is 1. The first kappa shape index (κ1) is 22.1. The highest BCUT2D eigenvalue weighted by atomic mass is 16.4. The topological polar surface area (TPSA) is 205 Å². The highest BCUT2D eigenvalue weighted by Gasteiger charge is 2.26. The molecular weight excluding hydrogens is 358 g/mol. The van der Waals surface area contributed by atoms with Gasteiger partial charge in [-0.1, -0.05) is 0 Å². The monoisotopic (exact) mass is 383 g/mol. The van der Waals surface area contributed by atoms with Crippen molar-refractivity contribution in [2.24, 2.45) is 11.5 Å². The van der Waals surface area contributed by atoms with Crippen LogP contribution in [0.25, 0.3) is 0 Å². The molecule has 0 aliphatic carbocycles. The molecule has 0 fully saturated rings. The number of hydrogen-bond acceptors (Lipinski definition) is 7. The lowest BCUT2D eigenvalue weighted by Gasteiger charge is -2.21. The van der Waals surface area contributed by atoms with E-state index in [0.717, 1.165) is 0 Å². The zero-order chi connectivity index (χ0) is 20.6. The Bertz CT molecular complexity index is 664. The van der Waals surface area contributed by atoms with Gasteiger partial charge in [-0.05, 0) is 13.8 Å². The quantitative estimate of drug-likeness (QED) is 0.219. The Kier molecular flexibility index (Phi) is 8.35. The fraction of sp³-hybridized carbons (Fsp3) is 0.533. The molecule has 9 N–H and O–H groups in total. The summed E-state index contributed by atoms with van der Waals surface area (Å²) in [5.74, 6) is -3.14. The molecule has 0 unspecified atom stereocenters.